The van der Waals surface area contributed by atoms with Gasteiger partial charge in [0.05, 0.1) is 24.4 Å². The molecule has 5 heteroatoms. The molecule has 2 aromatic rings. The molecule has 106 valence electrons. The van der Waals surface area contributed by atoms with Crippen molar-refractivity contribution in [3.8, 4) is 11.4 Å². The number of rotatable bonds is 4. The van der Waals surface area contributed by atoms with E-state index in [0.29, 0.717) is 0 Å². The van der Waals surface area contributed by atoms with Gasteiger partial charge in [-0.15, -0.1) is 0 Å². The number of carbonyl (C=O) groups is 1. The molecular weight excluding hydrogens is 256 g/mol. The highest BCUT2D eigenvalue weighted by Crippen LogP contribution is 2.26. The Hall–Kier alpha value is -2.30. The van der Waals surface area contributed by atoms with Crippen LogP contribution in [-0.4, -0.2) is 28.0 Å². The summed E-state index contributed by atoms with van der Waals surface area (Å²) in [5.41, 5.74) is 3.19. The molecule has 1 heterocycles. The maximum absolute atomic E-state index is 11.2. The topological polar surface area (TPSA) is 64.4 Å². The van der Waals surface area contributed by atoms with Crippen molar-refractivity contribution in [2.24, 2.45) is 0 Å². The van der Waals surface area contributed by atoms with Gasteiger partial charge in [-0.25, -0.2) is 4.68 Å². The van der Waals surface area contributed by atoms with Crippen molar-refractivity contribution in [1.82, 2.24) is 9.78 Å². The Morgan fingerprint density at radius 1 is 1.40 bits per heavy atom. The van der Waals surface area contributed by atoms with E-state index >= 15 is 0 Å². The zero-order chi connectivity index (χ0) is 14.9. The van der Waals surface area contributed by atoms with E-state index in [4.69, 9.17) is 4.74 Å². The second-order valence-electron chi connectivity index (χ2n) is 4.76. The zero-order valence-electron chi connectivity index (χ0n) is 12.0. The number of benzene rings is 1. The summed E-state index contributed by atoms with van der Waals surface area (Å²) in [6, 6.07) is 7.52. The SMILES string of the molecule is COc1cccc(-n2nc(C)c(C(C)C(=O)O)c2C)c1. The van der Waals surface area contributed by atoms with Gasteiger partial charge in [-0.05, 0) is 32.9 Å². The maximum atomic E-state index is 11.2. The third-order valence-electron chi connectivity index (χ3n) is 3.45. The summed E-state index contributed by atoms with van der Waals surface area (Å²) in [6.45, 7) is 5.39. The third-order valence-corrected chi connectivity index (χ3v) is 3.45. The summed E-state index contributed by atoms with van der Waals surface area (Å²) in [5, 5.41) is 13.6. The highest BCUT2D eigenvalue weighted by molar-refractivity contribution is 5.76. The Kier molecular flexibility index (Phi) is 3.79. The smallest absolute Gasteiger partial charge is 0.310 e. The number of ether oxygens (including phenoxy) is 1. The van der Waals surface area contributed by atoms with Crippen LogP contribution in [0.4, 0.5) is 0 Å². The summed E-state index contributed by atoms with van der Waals surface area (Å²) in [5.74, 6) is -0.682. The summed E-state index contributed by atoms with van der Waals surface area (Å²) >= 11 is 0. The first kappa shape index (κ1) is 14.1. The molecule has 1 aromatic carbocycles. The van der Waals surface area contributed by atoms with Gasteiger partial charge in [0.15, 0.2) is 0 Å². The molecule has 0 fully saturated rings. The van der Waals surface area contributed by atoms with E-state index in [2.05, 4.69) is 5.10 Å². The molecule has 2 rings (SSSR count). The number of aliphatic carboxylic acids is 1. The van der Waals surface area contributed by atoms with Gasteiger partial charge < -0.3 is 9.84 Å². The number of aromatic nitrogens is 2. The van der Waals surface area contributed by atoms with Crippen LogP contribution in [0.5, 0.6) is 5.75 Å². The number of carboxylic acid groups (broad SMARTS) is 1. The number of nitrogens with zero attached hydrogens (tertiary/aromatic N) is 2. The summed E-state index contributed by atoms with van der Waals surface area (Å²) < 4.78 is 6.96. The molecule has 1 unspecified atom stereocenters. The molecule has 0 aliphatic rings. The third kappa shape index (κ3) is 2.39. The molecule has 1 atom stereocenters. The minimum absolute atomic E-state index is 0.575. The Morgan fingerprint density at radius 3 is 2.70 bits per heavy atom. The summed E-state index contributed by atoms with van der Waals surface area (Å²) in [6.07, 6.45) is 0. The van der Waals surface area contributed by atoms with Crippen LogP contribution in [0.1, 0.15) is 29.8 Å². The standard InChI is InChI=1S/C15H18N2O3/c1-9(15(18)19)14-10(2)16-17(11(14)3)12-6-5-7-13(8-12)20-4/h5-9H,1-4H3,(H,18,19). The normalized spacial score (nSPS) is 12.2. The Balaban J connectivity index is 2.54. The first-order valence-electron chi connectivity index (χ1n) is 6.39. The largest absolute Gasteiger partial charge is 0.497 e. The van der Waals surface area contributed by atoms with Crippen LogP contribution in [0, 0.1) is 13.8 Å². The van der Waals surface area contributed by atoms with Crippen LogP contribution in [0.25, 0.3) is 5.69 Å². The van der Waals surface area contributed by atoms with Crippen molar-refractivity contribution in [2.75, 3.05) is 7.11 Å². The van der Waals surface area contributed by atoms with Gasteiger partial charge in [0.2, 0.25) is 0 Å². The van der Waals surface area contributed by atoms with Crippen LogP contribution in [0.3, 0.4) is 0 Å². The molecule has 0 radical (unpaired) electrons. The number of aryl methyl sites for hydroxylation is 1. The lowest BCUT2D eigenvalue weighted by atomic mass is 9.99. The lowest BCUT2D eigenvalue weighted by Crippen LogP contribution is -2.09. The minimum Gasteiger partial charge on any atom is -0.497 e. The van der Waals surface area contributed by atoms with E-state index in [0.717, 1.165) is 28.4 Å². The van der Waals surface area contributed by atoms with Gasteiger partial charge >= 0.3 is 5.97 Å². The van der Waals surface area contributed by atoms with Crippen molar-refractivity contribution < 1.29 is 14.6 Å². The van der Waals surface area contributed by atoms with E-state index in [1.165, 1.54) is 0 Å². The number of hydrogen-bond donors (Lipinski definition) is 1. The molecule has 0 bridgehead atoms. The zero-order valence-corrected chi connectivity index (χ0v) is 12.0. The van der Waals surface area contributed by atoms with E-state index in [1.54, 1.807) is 18.7 Å². The lowest BCUT2D eigenvalue weighted by Gasteiger charge is -2.09. The highest BCUT2D eigenvalue weighted by atomic mass is 16.5. The van der Waals surface area contributed by atoms with Crippen LogP contribution in [0.15, 0.2) is 24.3 Å². The monoisotopic (exact) mass is 274 g/mol. The van der Waals surface area contributed by atoms with Gasteiger partial charge in [0, 0.05) is 17.3 Å². The van der Waals surface area contributed by atoms with Crippen LogP contribution in [-0.2, 0) is 4.79 Å². The van der Waals surface area contributed by atoms with E-state index in [1.807, 2.05) is 38.1 Å². The van der Waals surface area contributed by atoms with Crippen LogP contribution in [0.2, 0.25) is 0 Å². The van der Waals surface area contributed by atoms with Gasteiger partial charge in [-0.1, -0.05) is 6.07 Å². The molecule has 1 N–H and O–H groups in total. The fourth-order valence-corrected chi connectivity index (χ4v) is 2.40. The van der Waals surface area contributed by atoms with Crippen molar-refractivity contribution in [1.29, 1.82) is 0 Å². The number of methoxy groups -OCH3 is 1. The average molecular weight is 274 g/mol. The predicted molar refractivity (Wildman–Crippen MR) is 75.6 cm³/mol. The number of carboxylic acids is 1. The molecular formula is C15H18N2O3. The molecule has 0 saturated carbocycles. The Bertz CT molecular complexity index is 647. The molecule has 0 saturated heterocycles. The quantitative estimate of drug-likeness (QED) is 0.931. The maximum Gasteiger partial charge on any atom is 0.310 e. The second-order valence-corrected chi connectivity index (χ2v) is 4.76. The van der Waals surface area contributed by atoms with Crippen LogP contribution < -0.4 is 4.74 Å². The first-order valence-corrected chi connectivity index (χ1v) is 6.39. The molecule has 0 aliphatic carbocycles. The van der Waals surface area contributed by atoms with Crippen molar-refractivity contribution in [3.05, 3.63) is 41.2 Å². The highest BCUT2D eigenvalue weighted by Gasteiger charge is 2.23. The number of hydrogen-bond acceptors (Lipinski definition) is 3. The molecule has 1 aromatic heterocycles. The van der Waals surface area contributed by atoms with Gasteiger partial charge in [0.25, 0.3) is 0 Å². The van der Waals surface area contributed by atoms with Gasteiger partial charge in [-0.2, -0.15) is 5.10 Å². The van der Waals surface area contributed by atoms with Crippen molar-refractivity contribution >= 4 is 5.97 Å². The molecule has 5 nitrogen and oxygen atoms in total. The molecule has 20 heavy (non-hydrogen) atoms. The lowest BCUT2D eigenvalue weighted by molar-refractivity contribution is -0.138. The summed E-state index contributed by atoms with van der Waals surface area (Å²) in [4.78, 5) is 11.2. The van der Waals surface area contributed by atoms with Gasteiger partial charge in [-0.3, -0.25) is 4.79 Å². The molecule has 0 amide bonds. The van der Waals surface area contributed by atoms with Gasteiger partial charge in [0.1, 0.15) is 5.75 Å². The fourth-order valence-electron chi connectivity index (χ4n) is 2.40. The van der Waals surface area contributed by atoms with Crippen LogP contribution >= 0.6 is 0 Å². The van der Waals surface area contributed by atoms with Crippen molar-refractivity contribution in [3.63, 3.8) is 0 Å². The Labute approximate surface area is 117 Å². The Morgan fingerprint density at radius 2 is 2.10 bits per heavy atom. The average Bonchev–Trinajstić information content (AvgIpc) is 2.73. The minimum atomic E-state index is -0.846. The fraction of sp³-hybridized carbons (Fsp3) is 0.333. The predicted octanol–water partition coefficient (Wildman–Crippen LogP) is 2.69. The van der Waals surface area contributed by atoms with E-state index in [9.17, 15) is 9.90 Å². The molecule has 0 spiro atoms. The molecule has 0 aliphatic heterocycles. The summed E-state index contributed by atoms with van der Waals surface area (Å²) in [7, 11) is 1.61. The van der Waals surface area contributed by atoms with Crippen molar-refractivity contribution in [2.45, 2.75) is 26.7 Å². The first-order chi connectivity index (χ1) is 9.45. The van der Waals surface area contributed by atoms with E-state index in [-0.39, 0.29) is 0 Å². The van der Waals surface area contributed by atoms with E-state index < -0.39 is 11.9 Å². The second kappa shape index (κ2) is 5.36.